The average Bonchev–Trinajstić information content (AvgIpc) is 2.23. The van der Waals surface area contributed by atoms with Gasteiger partial charge in [0.25, 0.3) is 0 Å². The molecule has 2 atom stereocenters. The normalized spacial score (nSPS) is 14.7. The molecule has 0 fully saturated rings. The largest absolute Gasteiger partial charge is 0.382 e. The Morgan fingerprint density at radius 1 is 1.18 bits per heavy atom. The summed E-state index contributed by atoms with van der Waals surface area (Å²) >= 11 is 0. The Kier molecular flexibility index (Phi) is 5.16. The van der Waals surface area contributed by atoms with Gasteiger partial charge in [-0.25, -0.2) is 0 Å². The van der Waals surface area contributed by atoms with Crippen molar-refractivity contribution in [1.82, 2.24) is 0 Å². The maximum Gasteiger partial charge on any atom is 0.0558 e. The number of hydrogen-bond acceptors (Lipinski definition) is 2. The molecule has 0 saturated heterocycles. The molecule has 0 radical (unpaired) electrons. The van der Waals surface area contributed by atoms with Gasteiger partial charge in [0.2, 0.25) is 0 Å². The molecule has 0 aliphatic heterocycles. The Hall–Kier alpha value is -0.860. The van der Waals surface area contributed by atoms with Crippen molar-refractivity contribution in [1.29, 1.82) is 0 Å². The van der Waals surface area contributed by atoms with E-state index in [4.69, 9.17) is 10.5 Å². The standard InChI is InChI=1S/C15H25NO/c1-10-6-11(2)15(12(3)7-10)9-14(16)8-13(4)17-5/h6-7,13-14H,8-9,16H2,1-5H3. The number of hydrogen-bond donors (Lipinski definition) is 1. The molecule has 0 amide bonds. The van der Waals surface area contributed by atoms with Gasteiger partial charge in [0.05, 0.1) is 6.10 Å². The molecule has 1 aromatic carbocycles. The SMILES string of the molecule is COC(C)CC(N)Cc1c(C)cc(C)cc1C. The fourth-order valence-corrected chi connectivity index (χ4v) is 2.40. The number of nitrogens with two attached hydrogens (primary N) is 1. The summed E-state index contributed by atoms with van der Waals surface area (Å²) in [5.41, 5.74) is 11.6. The van der Waals surface area contributed by atoms with Crippen molar-refractivity contribution in [2.24, 2.45) is 5.73 Å². The Labute approximate surface area is 105 Å². The maximum atomic E-state index is 6.18. The summed E-state index contributed by atoms with van der Waals surface area (Å²) in [6.07, 6.45) is 2.07. The van der Waals surface area contributed by atoms with Crippen LogP contribution in [-0.4, -0.2) is 19.3 Å². The molecule has 17 heavy (non-hydrogen) atoms. The minimum absolute atomic E-state index is 0.171. The van der Waals surface area contributed by atoms with Crippen molar-refractivity contribution in [2.75, 3.05) is 7.11 Å². The van der Waals surface area contributed by atoms with Crippen LogP contribution in [0.15, 0.2) is 12.1 Å². The van der Waals surface area contributed by atoms with E-state index in [9.17, 15) is 0 Å². The van der Waals surface area contributed by atoms with Gasteiger partial charge in [-0.05, 0) is 57.2 Å². The molecule has 1 aromatic rings. The summed E-state index contributed by atoms with van der Waals surface area (Å²) in [7, 11) is 1.74. The maximum absolute atomic E-state index is 6.18. The third-order valence-electron chi connectivity index (χ3n) is 3.34. The first-order valence-electron chi connectivity index (χ1n) is 6.29. The van der Waals surface area contributed by atoms with Crippen LogP contribution >= 0.6 is 0 Å². The summed E-state index contributed by atoms with van der Waals surface area (Å²) in [5.74, 6) is 0. The molecular formula is C15H25NO. The molecule has 0 bridgehead atoms. The number of rotatable bonds is 5. The van der Waals surface area contributed by atoms with E-state index in [1.54, 1.807) is 7.11 Å². The first kappa shape index (κ1) is 14.2. The first-order valence-corrected chi connectivity index (χ1v) is 6.29. The first-order chi connectivity index (χ1) is 7.93. The third kappa shape index (κ3) is 4.14. The third-order valence-corrected chi connectivity index (χ3v) is 3.34. The van der Waals surface area contributed by atoms with Gasteiger partial charge in [0, 0.05) is 13.2 Å². The van der Waals surface area contributed by atoms with Crippen LogP contribution in [0, 0.1) is 20.8 Å². The van der Waals surface area contributed by atoms with E-state index >= 15 is 0 Å². The van der Waals surface area contributed by atoms with Gasteiger partial charge in [-0.15, -0.1) is 0 Å². The van der Waals surface area contributed by atoms with Crippen molar-refractivity contribution in [2.45, 2.75) is 52.7 Å². The van der Waals surface area contributed by atoms with Crippen LogP contribution < -0.4 is 5.73 Å². The second-order valence-corrected chi connectivity index (χ2v) is 5.12. The van der Waals surface area contributed by atoms with Gasteiger partial charge < -0.3 is 10.5 Å². The monoisotopic (exact) mass is 235 g/mol. The smallest absolute Gasteiger partial charge is 0.0558 e. The molecule has 0 heterocycles. The fraction of sp³-hybridized carbons (Fsp3) is 0.600. The summed E-state index contributed by atoms with van der Waals surface area (Å²) in [5, 5.41) is 0. The van der Waals surface area contributed by atoms with Crippen molar-refractivity contribution in [3.8, 4) is 0 Å². The summed E-state index contributed by atoms with van der Waals surface area (Å²) < 4.78 is 5.26. The number of benzene rings is 1. The summed E-state index contributed by atoms with van der Waals surface area (Å²) in [6, 6.07) is 4.63. The molecular weight excluding hydrogens is 210 g/mol. The second kappa shape index (κ2) is 6.18. The van der Waals surface area contributed by atoms with E-state index < -0.39 is 0 Å². The molecule has 2 nitrogen and oxygen atoms in total. The van der Waals surface area contributed by atoms with Crippen LogP contribution in [0.3, 0.4) is 0 Å². The van der Waals surface area contributed by atoms with Crippen LogP contribution in [0.2, 0.25) is 0 Å². The molecule has 2 unspecified atom stereocenters. The fourth-order valence-electron chi connectivity index (χ4n) is 2.40. The zero-order chi connectivity index (χ0) is 13.0. The zero-order valence-electron chi connectivity index (χ0n) is 11.7. The Balaban J connectivity index is 2.74. The highest BCUT2D eigenvalue weighted by Gasteiger charge is 2.12. The van der Waals surface area contributed by atoms with Crippen molar-refractivity contribution >= 4 is 0 Å². The second-order valence-electron chi connectivity index (χ2n) is 5.12. The molecule has 0 saturated carbocycles. The molecule has 0 spiro atoms. The van der Waals surface area contributed by atoms with E-state index in [0.29, 0.717) is 0 Å². The Morgan fingerprint density at radius 3 is 2.18 bits per heavy atom. The van der Waals surface area contributed by atoms with Crippen LogP contribution in [0.5, 0.6) is 0 Å². The lowest BCUT2D eigenvalue weighted by molar-refractivity contribution is 0.104. The van der Waals surface area contributed by atoms with Gasteiger partial charge in [0.15, 0.2) is 0 Å². The van der Waals surface area contributed by atoms with E-state index in [1.807, 2.05) is 0 Å². The summed E-state index contributed by atoms with van der Waals surface area (Å²) in [6.45, 7) is 8.54. The lowest BCUT2D eigenvalue weighted by atomic mass is 9.93. The average molecular weight is 235 g/mol. The highest BCUT2D eigenvalue weighted by molar-refractivity contribution is 5.37. The Morgan fingerprint density at radius 2 is 1.71 bits per heavy atom. The Bertz CT molecular complexity index is 350. The molecule has 2 N–H and O–H groups in total. The van der Waals surface area contributed by atoms with E-state index in [1.165, 1.54) is 22.3 Å². The zero-order valence-corrected chi connectivity index (χ0v) is 11.7. The van der Waals surface area contributed by atoms with Crippen LogP contribution in [-0.2, 0) is 11.2 Å². The molecule has 0 aliphatic rings. The lowest BCUT2D eigenvalue weighted by Gasteiger charge is -2.19. The molecule has 2 heteroatoms. The van der Waals surface area contributed by atoms with Gasteiger partial charge >= 0.3 is 0 Å². The highest BCUT2D eigenvalue weighted by atomic mass is 16.5. The van der Waals surface area contributed by atoms with Crippen molar-refractivity contribution in [3.05, 3.63) is 34.4 Å². The molecule has 0 aliphatic carbocycles. The molecule has 1 rings (SSSR count). The number of aryl methyl sites for hydroxylation is 3. The van der Waals surface area contributed by atoms with Gasteiger partial charge in [0.1, 0.15) is 0 Å². The number of methoxy groups -OCH3 is 1. The van der Waals surface area contributed by atoms with Crippen molar-refractivity contribution < 1.29 is 4.74 Å². The highest BCUT2D eigenvalue weighted by Crippen LogP contribution is 2.19. The van der Waals surface area contributed by atoms with E-state index in [0.717, 1.165) is 12.8 Å². The lowest BCUT2D eigenvalue weighted by Crippen LogP contribution is -2.28. The topological polar surface area (TPSA) is 35.2 Å². The molecule has 0 aromatic heterocycles. The van der Waals surface area contributed by atoms with Gasteiger partial charge in [-0.1, -0.05) is 17.7 Å². The van der Waals surface area contributed by atoms with Gasteiger partial charge in [-0.3, -0.25) is 0 Å². The van der Waals surface area contributed by atoms with E-state index in [-0.39, 0.29) is 12.1 Å². The van der Waals surface area contributed by atoms with Crippen LogP contribution in [0.25, 0.3) is 0 Å². The summed E-state index contributed by atoms with van der Waals surface area (Å²) in [4.78, 5) is 0. The van der Waals surface area contributed by atoms with Crippen molar-refractivity contribution in [3.63, 3.8) is 0 Å². The predicted octanol–water partition coefficient (Wildman–Crippen LogP) is 2.91. The van der Waals surface area contributed by atoms with Crippen LogP contribution in [0.4, 0.5) is 0 Å². The predicted molar refractivity (Wildman–Crippen MR) is 73.4 cm³/mol. The number of ether oxygens (including phenoxy) is 1. The molecule has 96 valence electrons. The van der Waals surface area contributed by atoms with E-state index in [2.05, 4.69) is 39.8 Å². The van der Waals surface area contributed by atoms with Crippen LogP contribution in [0.1, 0.15) is 35.6 Å². The minimum Gasteiger partial charge on any atom is -0.382 e. The minimum atomic E-state index is 0.171. The van der Waals surface area contributed by atoms with Gasteiger partial charge in [-0.2, -0.15) is 0 Å². The quantitative estimate of drug-likeness (QED) is 0.851.